The van der Waals surface area contributed by atoms with Crippen LogP contribution in [0, 0.1) is 5.92 Å². The Balaban J connectivity index is 1.81. The largest absolute Gasteiger partial charge is 0.493 e. The zero-order chi connectivity index (χ0) is 13.5. The van der Waals surface area contributed by atoms with Gasteiger partial charge in [0.15, 0.2) is 11.5 Å². The highest BCUT2D eigenvalue weighted by molar-refractivity contribution is 5.42. The fraction of sp³-hybridized carbons (Fsp3) is 0.600. The average molecular weight is 265 g/mol. The fourth-order valence-electron chi connectivity index (χ4n) is 2.36. The van der Waals surface area contributed by atoms with Crippen molar-refractivity contribution in [1.82, 2.24) is 5.32 Å². The van der Waals surface area contributed by atoms with Crippen molar-refractivity contribution in [2.75, 3.05) is 34.0 Å². The van der Waals surface area contributed by atoms with Gasteiger partial charge in [0.1, 0.15) is 0 Å². The summed E-state index contributed by atoms with van der Waals surface area (Å²) in [7, 11) is 3.32. The maximum Gasteiger partial charge on any atom is 0.161 e. The SMILES string of the molecule is COc1ccc(CNCC2CCOCC2)cc1OC. The summed E-state index contributed by atoms with van der Waals surface area (Å²) in [5, 5.41) is 3.51. The van der Waals surface area contributed by atoms with E-state index in [9.17, 15) is 0 Å². The van der Waals surface area contributed by atoms with E-state index >= 15 is 0 Å². The quantitative estimate of drug-likeness (QED) is 0.856. The molecule has 0 atom stereocenters. The van der Waals surface area contributed by atoms with E-state index in [1.54, 1.807) is 14.2 Å². The minimum Gasteiger partial charge on any atom is -0.493 e. The van der Waals surface area contributed by atoms with E-state index < -0.39 is 0 Å². The summed E-state index contributed by atoms with van der Waals surface area (Å²) >= 11 is 0. The highest BCUT2D eigenvalue weighted by Crippen LogP contribution is 2.27. The first-order chi connectivity index (χ1) is 9.33. The lowest BCUT2D eigenvalue weighted by atomic mass is 10.0. The van der Waals surface area contributed by atoms with Crippen molar-refractivity contribution in [3.63, 3.8) is 0 Å². The molecule has 0 saturated carbocycles. The summed E-state index contributed by atoms with van der Waals surface area (Å²) < 4.78 is 15.9. The Hall–Kier alpha value is -1.26. The molecule has 0 aliphatic carbocycles. The van der Waals surface area contributed by atoms with Crippen LogP contribution in [0.4, 0.5) is 0 Å². The summed E-state index contributed by atoms with van der Waals surface area (Å²) in [6, 6.07) is 6.04. The maximum absolute atomic E-state index is 5.36. The van der Waals surface area contributed by atoms with Gasteiger partial charge in [-0.1, -0.05) is 6.07 Å². The van der Waals surface area contributed by atoms with Gasteiger partial charge >= 0.3 is 0 Å². The van der Waals surface area contributed by atoms with E-state index in [-0.39, 0.29) is 0 Å². The number of ether oxygens (including phenoxy) is 3. The molecule has 1 N–H and O–H groups in total. The number of methoxy groups -OCH3 is 2. The minimum absolute atomic E-state index is 0.744. The van der Waals surface area contributed by atoms with E-state index in [1.165, 1.54) is 18.4 Å². The molecule has 106 valence electrons. The van der Waals surface area contributed by atoms with E-state index in [0.29, 0.717) is 0 Å². The van der Waals surface area contributed by atoms with Crippen molar-refractivity contribution in [3.8, 4) is 11.5 Å². The average Bonchev–Trinajstić information content (AvgIpc) is 2.48. The van der Waals surface area contributed by atoms with Crippen molar-refractivity contribution >= 4 is 0 Å². The van der Waals surface area contributed by atoms with Crippen LogP contribution < -0.4 is 14.8 Å². The Morgan fingerprint density at radius 2 is 1.89 bits per heavy atom. The molecule has 0 radical (unpaired) electrons. The number of hydrogen-bond donors (Lipinski definition) is 1. The van der Waals surface area contributed by atoms with E-state index in [4.69, 9.17) is 14.2 Å². The fourth-order valence-corrected chi connectivity index (χ4v) is 2.36. The second kappa shape index (κ2) is 7.36. The molecule has 0 amide bonds. The first-order valence-corrected chi connectivity index (χ1v) is 6.83. The van der Waals surface area contributed by atoms with Gasteiger partial charge < -0.3 is 19.5 Å². The monoisotopic (exact) mass is 265 g/mol. The summed E-state index contributed by atoms with van der Waals surface area (Å²) in [6.07, 6.45) is 2.33. The van der Waals surface area contributed by atoms with Crippen molar-refractivity contribution < 1.29 is 14.2 Å². The standard InChI is InChI=1S/C15H23NO3/c1-17-14-4-3-13(9-15(14)18-2)11-16-10-12-5-7-19-8-6-12/h3-4,9,12,16H,5-8,10-11H2,1-2H3. The normalized spacial score (nSPS) is 16.3. The number of nitrogens with one attached hydrogen (secondary N) is 1. The molecule has 2 rings (SSSR count). The van der Waals surface area contributed by atoms with Crippen LogP contribution in [0.1, 0.15) is 18.4 Å². The molecule has 1 aromatic carbocycles. The highest BCUT2D eigenvalue weighted by atomic mass is 16.5. The Bertz CT molecular complexity index is 389. The lowest BCUT2D eigenvalue weighted by molar-refractivity contribution is 0.0662. The van der Waals surface area contributed by atoms with Crippen LogP contribution in [0.15, 0.2) is 18.2 Å². The molecule has 0 spiro atoms. The van der Waals surface area contributed by atoms with Crippen LogP contribution in [-0.2, 0) is 11.3 Å². The maximum atomic E-state index is 5.36. The molecule has 1 heterocycles. The van der Waals surface area contributed by atoms with Gasteiger partial charge in [0.2, 0.25) is 0 Å². The Labute approximate surface area is 115 Å². The Kier molecular flexibility index (Phi) is 5.48. The van der Waals surface area contributed by atoms with E-state index in [2.05, 4.69) is 11.4 Å². The first-order valence-electron chi connectivity index (χ1n) is 6.83. The van der Waals surface area contributed by atoms with Crippen molar-refractivity contribution in [2.45, 2.75) is 19.4 Å². The smallest absolute Gasteiger partial charge is 0.161 e. The van der Waals surface area contributed by atoms with Gasteiger partial charge in [0.25, 0.3) is 0 Å². The summed E-state index contributed by atoms with van der Waals surface area (Å²) in [4.78, 5) is 0. The molecular weight excluding hydrogens is 242 g/mol. The second-order valence-electron chi connectivity index (χ2n) is 4.88. The van der Waals surface area contributed by atoms with Gasteiger partial charge in [0, 0.05) is 19.8 Å². The van der Waals surface area contributed by atoms with Crippen molar-refractivity contribution in [2.24, 2.45) is 5.92 Å². The number of hydrogen-bond acceptors (Lipinski definition) is 4. The van der Waals surface area contributed by atoms with Crippen molar-refractivity contribution in [1.29, 1.82) is 0 Å². The van der Waals surface area contributed by atoms with Crippen LogP contribution >= 0.6 is 0 Å². The predicted octanol–water partition coefficient (Wildman–Crippen LogP) is 2.22. The molecule has 0 unspecified atom stereocenters. The third-order valence-electron chi connectivity index (χ3n) is 3.55. The summed E-state index contributed by atoms with van der Waals surface area (Å²) in [5.41, 5.74) is 1.21. The van der Waals surface area contributed by atoms with Crippen LogP contribution in [0.5, 0.6) is 11.5 Å². The molecule has 0 bridgehead atoms. The molecule has 1 aliphatic rings. The van der Waals surface area contributed by atoms with Crippen LogP contribution in [0.2, 0.25) is 0 Å². The predicted molar refractivity (Wildman–Crippen MR) is 74.8 cm³/mol. The molecule has 4 heteroatoms. The van der Waals surface area contributed by atoms with Gasteiger partial charge in [-0.15, -0.1) is 0 Å². The number of rotatable bonds is 6. The van der Waals surface area contributed by atoms with Gasteiger partial charge in [0.05, 0.1) is 14.2 Å². The number of benzene rings is 1. The third kappa shape index (κ3) is 4.11. The topological polar surface area (TPSA) is 39.7 Å². The van der Waals surface area contributed by atoms with Gasteiger partial charge in [-0.3, -0.25) is 0 Å². The van der Waals surface area contributed by atoms with E-state index in [0.717, 1.165) is 43.7 Å². The van der Waals surface area contributed by atoms with Crippen molar-refractivity contribution in [3.05, 3.63) is 23.8 Å². The molecule has 1 saturated heterocycles. The third-order valence-corrected chi connectivity index (χ3v) is 3.55. The van der Waals surface area contributed by atoms with Gasteiger partial charge in [-0.2, -0.15) is 0 Å². The Morgan fingerprint density at radius 1 is 1.16 bits per heavy atom. The Morgan fingerprint density at radius 3 is 2.58 bits per heavy atom. The summed E-state index contributed by atoms with van der Waals surface area (Å²) in [5.74, 6) is 2.30. The van der Waals surface area contributed by atoms with Gasteiger partial charge in [-0.25, -0.2) is 0 Å². The zero-order valence-electron chi connectivity index (χ0n) is 11.8. The lowest BCUT2D eigenvalue weighted by Crippen LogP contribution is -2.27. The molecular formula is C15H23NO3. The molecule has 1 fully saturated rings. The summed E-state index contributed by atoms with van der Waals surface area (Å²) in [6.45, 7) is 3.72. The highest BCUT2D eigenvalue weighted by Gasteiger charge is 2.13. The molecule has 0 aromatic heterocycles. The van der Waals surface area contributed by atoms with Crippen LogP contribution in [0.25, 0.3) is 0 Å². The first kappa shape index (κ1) is 14.2. The van der Waals surface area contributed by atoms with Gasteiger partial charge in [-0.05, 0) is 43.0 Å². The molecule has 1 aliphatic heterocycles. The van der Waals surface area contributed by atoms with E-state index in [1.807, 2.05) is 12.1 Å². The molecule has 4 nitrogen and oxygen atoms in total. The lowest BCUT2D eigenvalue weighted by Gasteiger charge is -2.22. The van der Waals surface area contributed by atoms with Crippen LogP contribution in [0.3, 0.4) is 0 Å². The second-order valence-corrected chi connectivity index (χ2v) is 4.88. The van der Waals surface area contributed by atoms with Crippen LogP contribution in [-0.4, -0.2) is 34.0 Å². The molecule has 1 aromatic rings. The molecule has 19 heavy (non-hydrogen) atoms. The minimum atomic E-state index is 0.744. The zero-order valence-corrected chi connectivity index (χ0v) is 11.8.